The molecule has 0 radical (unpaired) electrons. The summed E-state index contributed by atoms with van der Waals surface area (Å²) in [6, 6.07) is 5.21. The van der Waals surface area contributed by atoms with Crippen LogP contribution in [0.5, 0.6) is 0 Å². The van der Waals surface area contributed by atoms with Gasteiger partial charge in [0.2, 0.25) is 5.91 Å². The van der Waals surface area contributed by atoms with Crippen molar-refractivity contribution in [3.63, 3.8) is 0 Å². The maximum absolute atomic E-state index is 12.1. The van der Waals surface area contributed by atoms with E-state index < -0.39 is 0 Å². The Labute approximate surface area is 130 Å². The van der Waals surface area contributed by atoms with E-state index >= 15 is 0 Å². The highest BCUT2D eigenvalue weighted by Gasteiger charge is 2.18. The minimum Gasteiger partial charge on any atom is -0.378 e. The van der Waals surface area contributed by atoms with Gasteiger partial charge in [0.15, 0.2) is 0 Å². The third kappa shape index (κ3) is 5.05. The fourth-order valence-electron chi connectivity index (χ4n) is 2.25. The smallest absolute Gasteiger partial charge is 0.227 e. The molecule has 0 aliphatic carbocycles. The van der Waals surface area contributed by atoms with Gasteiger partial charge in [0.1, 0.15) is 0 Å². The molecule has 4 nitrogen and oxygen atoms in total. The first-order chi connectivity index (χ1) is 10.2. The van der Waals surface area contributed by atoms with Crippen LogP contribution in [0.25, 0.3) is 0 Å². The van der Waals surface area contributed by atoms with Crippen molar-refractivity contribution in [1.29, 1.82) is 0 Å². The van der Waals surface area contributed by atoms with E-state index in [4.69, 9.17) is 22.1 Å². The molecule has 1 amide bonds. The zero-order valence-corrected chi connectivity index (χ0v) is 12.6. The monoisotopic (exact) mass is 306 g/mol. The Morgan fingerprint density at radius 2 is 2.33 bits per heavy atom. The molecule has 1 heterocycles. The summed E-state index contributed by atoms with van der Waals surface area (Å²) in [5, 5.41) is 3.41. The molecule has 3 N–H and O–H groups in total. The summed E-state index contributed by atoms with van der Waals surface area (Å²) < 4.78 is 5.57. The third-order valence-corrected chi connectivity index (χ3v) is 3.50. The standard InChI is InChI=1S/C16H19ClN2O2/c17-13-7-6-12(4-3-8-18)15(10-13)19-16(20)11-14-5-1-2-9-21-14/h6-7,10,14H,1-2,5,8-9,11,18H2,(H,19,20). The number of nitrogens with one attached hydrogen (secondary N) is 1. The lowest BCUT2D eigenvalue weighted by Gasteiger charge is -2.22. The maximum Gasteiger partial charge on any atom is 0.227 e. The molecule has 0 aromatic heterocycles. The molecule has 0 saturated carbocycles. The summed E-state index contributed by atoms with van der Waals surface area (Å²) >= 11 is 5.98. The Morgan fingerprint density at radius 3 is 3.05 bits per heavy atom. The first-order valence-electron chi connectivity index (χ1n) is 7.09. The zero-order chi connectivity index (χ0) is 15.1. The van der Waals surface area contributed by atoms with Gasteiger partial charge in [-0.05, 0) is 37.5 Å². The molecule has 1 unspecified atom stereocenters. The van der Waals surface area contributed by atoms with E-state index in [-0.39, 0.29) is 18.6 Å². The number of anilines is 1. The van der Waals surface area contributed by atoms with Crippen LogP contribution in [-0.4, -0.2) is 25.2 Å². The van der Waals surface area contributed by atoms with Gasteiger partial charge >= 0.3 is 0 Å². The fourth-order valence-corrected chi connectivity index (χ4v) is 2.42. The Kier molecular flexibility index (Phi) is 6.06. The van der Waals surface area contributed by atoms with Crippen LogP contribution < -0.4 is 11.1 Å². The van der Waals surface area contributed by atoms with Crippen molar-refractivity contribution in [2.75, 3.05) is 18.5 Å². The number of nitrogens with two attached hydrogens (primary N) is 1. The molecule has 5 heteroatoms. The first-order valence-corrected chi connectivity index (χ1v) is 7.47. The van der Waals surface area contributed by atoms with E-state index in [2.05, 4.69) is 17.2 Å². The van der Waals surface area contributed by atoms with Crippen LogP contribution in [0.15, 0.2) is 18.2 Å². The largest absolute Gasteiger partial charge is 0.378 e. The molecule has 1 aromatic carbocycles. The van der Waals surface area contributed by atoms with Crippen molar-refractivity contribution in [1.82, 2.24) is 0 Å². The highest BCUT2D eigenvalue weighted by atomic mass is 35.5. The molecule has 1 saturated heterocycles. The van der Waals surface area contributed by atoms with Crippen LogP contribution in [0.1, 0.15) is 31.2 Å². The summed E-state index contributed by atoms with van der Waals surface area (Å²) in [4.78, 5) is 12.1. The van der Waals surface area contributed by atoms with Crippen molar-refractivity contribution in [2.24, 2.45) is 5.73 Å². The van der Waals surface area contributed by atoms with Gasteiger partial charge in [0.05, 0.1) is 24.8 Å². The molecule has 112 valence electrons. The molecule has 1 aliphatic rings. The van der Waals surface area contributed by atoms with Gasteiger partial charge in [-0.2, -0.15) is 0 Å². The summed E-state index contributed by atoms with van der Waals surface area (Å²) in [6.07, 6.45) is 3.49. The molecule has 21 heavy (non-hydrogen) atoms. The number of hydrogen-bond donors (Lipinski definition) is 2. The van der Waals surface area contributed by atoms with E-state index in [1.54, 1.807) is 18.2 Å². The molecule has 2 rings (SSSR count). The van der Waals surface area contributed by atoms with E-state index in [1.165, 1.54) is 0 Å². The predicted octanol–water partition coefficient (Wildman–Crippen LogP) is 2.55. The van der Waals surface area contributed by atoms with Gasteiger partial charge in [-0.25, -0.2) is 0 Å². The second kappa shape index (κ2) is 8.04. The number of rotatable bonds is 3. The van der Waals surface area contributed by atoms with Crippen LogP contribution in [0.3, 0.4) is 0 Å². The van der Waals surface area contributed by atoms with Gasteiger partial charge in [0, 0.05) is 17.2 Å². The van der Waals surface area contributed by atoms with Gasteiger partial charge < -0.3 is 15.8 Å². The minimum atomic E-state index is -0.0834. The van der Waals surface area contributed by atoms with Crippen LogP contribution in [0, 0.1) is 11.8 Å². The van der Waals surface area contributed by atoms with Crippen LogP contribution in [0.2, 0.25) is 5.02 Å². The highest BCUT2D eigenvalue weighted by molar-refractivity contribution is 6.31. The highest BCUT2D eigenvalue weighted by Crippen LogP contribution is 2.22. The topological polar surface area (TPSA) is 64.3 Å². The van der Waals surface area contributed by atoms with E-state index in [1.807, 2.05) is 0 Å². The second-order valence-electron chi connectivity index (χ2n) is 4.94. The third-order valence-electron chi connectivity index (χ3n) is 3.27. The number of amides is 1. The second-order valence-corrected chi connectivity index (χ2v) is 5.37. The number of ether oxygens (including phenoxy) is 1. The lowest BCUT2D eigenvalue weighted by atomic mass is 10.1. The zero-order valence-electron chi connectivity index (χ0n) is 11.8. The van der Waals surface area contributed by atoms with Gasteiger partial charge in [-0.3, -0.25) is 4.79 Å². The van der Waals surface area contributed by atoms with Gasteiger partial charge in [0.25, 0.3) is 0 Å². The van der Waals surface area contributed by atoms with Gasteiger partial charge in [-0.15, -0.1) is 0 Å². The van der Waals surface area contributed by atoms with Crippen LogP contribution in [-0.2, 0) is 9.53 Å². The molecular weight excluding hydrogens is 288 g/mol. The Balaban J connectivity index is 2.03. The van der Waals surface area contributed by atoms with E-state index in [0.717, 1.165) is 25.9 Å². The number of carbonyl (C=O) groups is 1. The summed E-state index contributed by atoms with van der Waals surface area (Å²) in [5.41, 5.74) is 6.70. The molecule has 1 aromatic rings. The summed E-state index contributed by atoms with van der Waals surface area (Å²) in [6.45, 7) is 1.01. The van der Waals surface area contributed by atoms with Crippen molar-refractivity contribution < 1.29 is 9.53 Å². The average molecular weight is 307 g/mol. The molecule has 0 spiro atoms. The molecular formula is C16H19ClN2O2. The molecule has 1 atom stereocenters. The number of halogens is 1. The van der Waals surface area contributed by atoms with E-state index in [0.29, 0.717) is 22.7 Å². The minimum absolute atomic E-state index is 0.0107. The molecule has 0 bridgehead atoms. The van der Waals surface area contributed by atoms with Crippen molar-refractivity contribution in [3.8, 4) is 11.8 Å². The Bertz CT molecular complexity index is 557. The SMILES string of the molecule is NCC#Cc1ccc(Cl)cc1NC(=O)CC1CCCCO1. The molecule has 1 fully saturated rings. The predicted molar refractivity (Wildman–Crippen MR) is 84.2 cm³/mol. The lowest BCUT2D eigenvalue weighted by Crippen LogP contribution is -2.25. The summed E-state index contributed by atoms with van der Waals surface area (Å²) in [7, 11) is 0. The Hall–Kier alpha value is -1.54. The lowest BCUT2D eigenvalue weighted by molar-refractivity contribution is -0.119. The van der Waals surface area contributed by atoms with Crippen molar-refractivity contribution in [3.05, 3.63) is 28.8 Å². The fraction of sp³-hybridized carbons (Fsp3) is 0.438. The first kappa shape index (κ1) is 15.8. The van der Waals surface area contributed by atoms with Crippen molar-refractivity contribution >= 4 is 23.2 Å². The number of hydrogen-bond acceptors (Lipinski definition) is 3. The Morgan fingerprint density at radius 1 is 1.48 bits per heavy atom. The number of benzene rings is 1. The van der Waals surface area contributed by atoms with Crippen LogP contribution >= 0.6 is 11.6 Å². The quantitative estimate of drug-likeness (QED) is 0.844. The normalized spacial score (nSPS) is 17.7. The molecule has 1 aliphatic heterocycles. The van der Waals surface area contributed by atoms with E-state index in [9.17, 15) is 4.79 Å². The van der Waals surface area contributed by atoms with Gasteiger partial charge in [-0.1, -0.05) is 23.4 Å². The van der Waals surface area contributed by atoms with Crippen molar-refractivity contribution in [2.45, 2.75) is 31.8 Å². The average Bonchev–Trinajstić information content (AvgIpc) is 2.47. The summed E-state index contributed by atoms with van der Waals surface area (Å²) in [5.74, 6) is 5.62. The number of carbonyl (C=O) groups excluding carboxylic acids is 1. The van der Waals surface area contributed by atoms with Crippen LogP contribution in [0.4, 0.5) is 5.69 Å². The maximum atomic E-state index is 12.1.